The molecule has 0 unspecified atom stereocenters. The zero-order valence-electron chi connectivity index (χ0n) is 8.44. The Bertz CT molecular complexity index is 291. The van der Waals surface area contributed by atoms with Gasteiger partial charge in [0.05, 0.1) is 18.0 Å². The Labute approximate surface area is 84.3 Å². The molecule has 76 valence electrons. The maximum absolute atomic E-state index is 5.70. The van der Waals surface area contributed by atoms with E-state index in [-0.39, 0.29) is 6.04 Å². The van der Waals surface area contributed by atoms with E-state index >= 15 is 0 Å². The molecule has 1 aromatic heterocycles. The lowest BCUT2D eigenvalue weighted by Gasteiger charge is -2.26. The quantitative estimate of drug-likeness (QED) is 0.797. The smallest absolute Gasteiger partial charge is 0.138 e. The molecule has 1 heterocycles. The van der Waals surface area contributed by atoms with Crippen molar-refractivity contribution in [3.8, 4) is 5.75 Å². The van der Waals surface area contributed by atoms with Crippen LogP contribution in [0, 0.1) is 0 Å². The van der Waals surface area contributed by atoms with Gasteiger partial charge in [-0.1, -0.05) is 0 Å². The van der Waals surface area contributed by atoms with Crippen molar-refractivity contribution in [2.24, 2.45) is 5.73 Å². The molecule has 0 spiro atoms. The fraction of sp³-hybridized carbons (Fsp3) is 0.545. The molecule has 0 aliphatic heterocycles. The third-order valence-corrected chi connectivity index (χ3v) is 2.58. The fourth-order valence-corrected chi connectivity index (χ4v) is 1.41. The normalized spacial score (nSPS) is 18.7. The summed E-state index contributed by atoms with van der Waals surface area (Å²) in [5, 5.41) is 0. The van der Waals surface area contributed by atoms with Gasteiger partial charge in [-0.2, -0.15) is 0 Å². The summed E-state index contributed by atoms with van der Waals surface area (Å²) in [6.07, 6.45) is 5.81. The molecule has 1 saturated carbocycles. The highest BCUT2D eigenvalue weighted by atomic mass is 16.5. The Kier molecular flexibility index (Phi) is 2.68. The molecule has 0 aromatic carbocycles. The minimum atomic E-state index is -0.00671. The van der Waals surface area contributed by atoms with E-state index in [0.717, 1.165) is 11.4 Å². The predicted molar refractivity (Wildman–Crippen MR) is 55.1 cm³/mol. The second kappa shape index (κ2) is 3.96. The Morgan fingerprint density at radius 1 is 1.50 bits per heavy atom. The largest absolute Gasteiger partial charge is 0.489 e. The highest BCUT2D eigenvalue weighted by molar-refractivity contribution is 5.21. The number of hydrogen-bond acceptors (Lipinski definition) is 3. The highest BCUT2D eigenvalue weighted by Crippen LogP contribution is 2.24. The molecule has 1 aliphatic rings. The van der Waals surface area contributed by atoms with Gasteiger partial charge in [-0.05, 0) is 38.3 Å². The molecule has 1 aliphatic carbocycles. The standard InChI is InChI=1S/C11H16N2O/c1-8(12)11-6-5-10(7-13-11)14-9-3-2-4-9/h5-9H,2-4,12H2,1H3/t8-/m0/s1. The minimum Gasteiger partial charge on any atom is -0.489 e. The molecule has 0 saturated heterocycles. The second-order valence-electron chi connectivity index (χ2n) is 3.88. The van der Waals surface area contributed by atoms with Gasteiger partial charge < -0.3 is 10.5 Å². The minimum absolute atomic E-state index is 0.00671. The van der Waals surface area contributed by atoms with Crippen LogP contribution in [0.5, 0.6) is 5.75 Å². The van der Waals surface area contributed by atoms with Gasteiger partial charge in [-0.3, -0.25) is 4.98 Å². The maximum atomic E-state index is 5.70. The first-order valence-electron chi connectivity index (χ1n) is 5.14. The first kappa shape index (κ1) is 9.46. The van der Waals surface area contributed by atoms with Gasteiger partial charge in [0.2, 0.25) is 0 Å². The number of rotatable bonds is 3. The van der Waals surface area contributed by atoms with Crippen molar-refractivity contribution < 1.29 is 4.74 Å². The molecule has 1 atom stereocenters. The molecular weight excluding hydrogens is 176 g/mol. The van der Waals surface area contributed by atoms with Crippen molar-refractivity contribution in [3.05, 3.63) is 24.0 Å². The summed E-state index contributed by atoms with van der Waals surface area (Å²) in [4.78, 5) is 4.24. The third kappa shape index (κ3) is 2.04. The lowest BCUT2D eigenvalue weighted by Crippen LogP contribution is -2.24. The monoisotopic (exact) mass is 192 g/mol. The van der Waals surface area contributed by atoms with Gasteiger partial charge in [0, 0.05) is 6.04 Å². The van der Waals surface area contributed by atoms with Gasteiger partial charge in [-0.25, -0.2) is 0 Å². The molecule has 0 amide bonds. The summed E-state index contributed by atoms with van der Waals surface area (Å²) < 4.78 is 5.68. The van der Waals surface area contributed by atoms with Crippen LogP contribution in [-0.4, -0.2) is 11.1 Å². The van der Waals surface area contributed by atoms with E-state index in [1.807, 2.05) is 19.1 Å². The summed E-state index contributed by atoms with van der Waals surface area (Å²) in [5.41, 5.74) is 6.61. The Balaban J connectivity index is 1.98. The van der Waals surface area contributed by atoms with Crippen molar-refractivity contribution in [1.29, 1.82) is 0 Å². The van der Waals surface area contributed by atoms with E-state index in [4.69, 9.17) is 10.5 Å². The van der Waals surface area contributed by atoms with Gasteiger partial charge in [0.25, 0.3) is 0 Å². The summed E-state index contributed by atoms with van der Waals surface area (Å²) in [5.74, 6) is 0.860. The highest BCUT2D eigenvalue weighted by Gasteiger charge is 2.18. The molecule has 1 fully saturated rings. The molecule has 0 radical (unpaired) electrons. The SMILES string of the molecule is C[C@H](N)c1ccc(OC2CCC2)cn1. The molecule has 14 heavy (non-hydrogen) atoms. The van der Waals surface area contributed by atoms with E-state index in [0.29, 0.717) is 6.10 Å². The second-order valence-corrected chi connectivity index (χ2v) is 3.88. The van der Waals surface area contributed by atoms with Crippen LogP contribution in [0.25, 0.3) is 0 Å². The van der Waals surface area contributed by atoms with E-state index in [1.54, 1.807) is 6.20 Å². The Morgan fingerprint density at radius 3 is 2.71 bits per heavy atom. The molecule has 2 rings (SSSR count). The van der Waals surface area contributed by atoms with Crippen molar-refractivity contribution in [1.82, 2.24) is 4.98 Å². The average molecular weight is 192 g/mol. The molecule has 0 bridgehead atoms. The molecule has 3 heteroatoms. The first-order valence-corrected chi connectivity index (χ1v) is 5.14. The number of pyridine rings is 1. The number of aromatic nitrogens is 1. The summed E-state index contributed by atoms with van der Waals surface area (Å²) >= 11 is 0. The summed E-state index contributed by atoms with van der Waals surface area (Å²) in [6.45, 7) is 1.93. The van der Waals surface area contributed by atoms with Crippen molar-refractivity contribution in [2.45, 2.75) is 38.3 Å². The summed E-state index contributed by atoms with van der Waals surface area (Å²) in [6, 6.07) is 3.87. The number of ether oxygens (including phenoxy) is 1. The van der Waals surface area contributed by atoms with Gasteiger partial charge in [0.15, 0.2) is 0 Å². The van der Waals surface area contributed by atoms with Crippen LogP contribution in [0.4, 0.5) is 0 Å². The predicted octanol–water partition coefficient (Wildman–Crippen LogP) is 2.03. The van der Waals surface area contributed by atoms with Crippen LogP contribution < -0.4 is 10.5 Å². The molecule has 2 N–H and O–H groups in total. The van der Waals surface area contributed by atoms with Gasteiger partial charge in [-0.15, -0.1) is 0 Å². The molecule has 1 aromatic rings. The van der Waals surface area contributed by atoms with Gasteiger partial charge in [0.1, 0.15) is 5.75 Å². The van der Waals surface area contributed by atoms with Crippen molar-refractivity contribution >= 4 is 0 Å². The van der Waals surface area contributed by atoms with Crippen LogP contribution in [0.15, 0.2) is 18.3 Å². The molecule has 3 nitrogen and oxygen atoms in total. The lowest BCUT2D eigenvalue weighted by molar-refractivity contribution is 0.120. The summed E-state index contributed by atoms with van der Waals surface area (Å²) in [7, 11) is 0. The maximum Gasteiger partial charge on any atom is 0.138 e. The Morgan fingerprint density at radius 2 is 2.29 bits per heavy atom. The van der Waals surface area contributed by atoms with Gasteiger partial charge >= 0.3 is 0 Å². The first-order chi connectivity index (χ1) is 6.75. The zero-order valence-corrected chi connectivity index (χ0v) is 8.44. The van der Waals surface area contributed by atoms with Crippen LogP contribution >= 0.6 is 0 Å². The Hall–Kier alpha value is -1.09. The van der Waals surface area contributed by atoms with Crippen LogP contribution in [0.3, 0.4) is 0 Å². The van der Waals surface area contributed by atoms with Crippen molar-refractivity contribution in [2.75, 3.05) is 0 Å². The van der Waals surface area contributed by atoms with Crippen LogP contribution in [-0.2, 0) is 0 Å². The number of hydrogen-bond donors (Lipinski definition) is 1. The number of nitrogens with zero attached hydrogens (tertiary/aromatic N) is 1. The topological polar surface area (TPSA) is 48.1 Å². The van der Waals surface area contributed by atoms with E-state index in [2.05, 4.69) is 4.98 Å². The third-order valence-electron chi connectivity index (χ3n) is 2.58. The fourth-order valence-electron chi connectivity index (χ4n) is 1.41. The zero-order chi connectivity index (χ0) is 9.97. The molecular formula is C11H16N2O. The average Bonchev–Trinajstić information content (AvgIpc) is 2.12. The van der Waals surface area contributed by atoms with Crippen LogP contribution in [0.1, 0.15) is 37.9 Å². The van der Waals surface area contributed by atoms with E-state index < -0.39 is 0 Å². The van der Waals surface area contributed by atoms with E-state index in [1.165, 1.54) is 19.3 Å². The van der Waals surface area contributed by atoms with Crippen LogP contribution in [0.2, 0.25) is 0 Å². The van der Waals surface area contributed by atoms with Crippen molar-refractivity contribution in [3.63, 3.8) is 0 Å². The number of nitrogens with two attached hydrogens (primary N) is 1. The lowest BCUT2D eigenvalue weighted by atomic mass is 9.96. The van der Waals surface area contributed by atoms with E-state index in [9.17, 15) is 0 Å².